The first-order chi connectivity index (χ1) is 12.6. The minimum Gasteiger partial charge on any atom is -0.393 e. The first-order valence-corrected chi connectivity index (χ1v) is 10.2. The number of carbonyl (C=O) groups is 3. The van der Waals surface area contributed by atoms with Crippen LogP contribution in [0.3, 0.4) is 0 Å². The Morgan fingerprint density at radius 3 is 2.52 bits per heavy atom. The third kappa shape index (κ3) is 2.33. The molecule has 150 valence electrons. The Kier molecular flexibility index (Phi) is 4.23. The van der Waals surface area contributed by atoms with Crippen LogP contribution in [0.1, 0.15) is 58.8 Å². The average molecular weight is 378 g/mol. The summed E-state index contributed by atoms with van der Waals surface area (Å²) >= 11 is 0. The minimum absolute atomic E-state index is 0.0666. The highest BCUT2D eigenvalue weighted by molar-refractivity contribution is 6.38. The third-order valence-electron chi connectivity index (χ3n) is 9.04. The van der Waals surface area contributed by atoms with Crippen molar-refractivity contribution in [3.05, 3.63) is 0 Å². The molecule has 4 saturated carbocycles. The Bertz CT molecular complexity index is 703. The molecule has 0 amide bonds. The van der Waals surface area contributed by atoms with Gasteiger partial charge in [0, 0.05) is 18.3 Å². The lowest BCUT2D eigenvalue weighted by Gasteiger charge is -2.62. The van der Waals surface area contributed by atoms with Crippen LogP contribution in [0.2, 0.25) is 0 Å². The Morgan fingerprint density at radius 1 is 1.15 bits per heavy atom. The molecule has 0 saturated heterocycles. The zero-order valence-electron chi connectivity index (χ0n) is 16.1. The summed E-state index contributed by atoms with van der Waals surface area (Å²) in [6, 6.07) is 0. The van der Waals surface area contributed by atoms with Gasteiger partial charge in [-0.15, -0.1) is 0 Å². The summed E-state index contributed by atoms with van der Waals surface area (Å²) in [6.45, 7) is 3.23. The van der Waals surface area contributed by atoms with Gasteiger partial charge in [0.15, 0.2) is 17.3 Å². The summed E-state index contributed by atoms with van der Waals surface area (Å²) in [5, 5.41) is 31.7. The van der Waals surface area contributed by atoms with Crippen molar-refractivity contribution < 1.29 is 29.7 Å². The Hall–Kier alpha value is -1.11. The summed E-state index contributed by atoms with van der Waals surface area (Å²) < 4.78 is 0. The molecule has 4 fully saturated rings. The van der Waals surface area contributed by atoms with E-state index < -0.39 is 34.9 Å². The van der Waals surface area contributed by atoms with Crippen molar-refractivity contribution in [2.45, 2.75) is 70.5 Å². The molecule has 0 bridgehead atoms. The second-order valence-electron chi connectivity index (χ2n) is 9.97. The van der Waals surface area contributed by atoms with Crippen LogP contribution < -0.4 is 0 Å². The number of ketones is 3. The van der Waals surface area contributed by atoms with Gasteiger partial charge in [0.1, 0.15) is 12.2 Å². The second-order valence-corrected chi connectivity index (χ2v) is 9.97. The van der Waals surface area contributed by atoms with E-state index in [4.69, 9.17) is 0 Å². The van der Waals surface area contributed by atoms with E-state index in [2.05, 4.69) is 0 Å². The Balaban J connectivity index is 1.71. The van der Waals surface area contributed by atoms with Crippen molar-refractivity contribution in [3.8, 4) is 0 Å². The van der Waals surface area contributed by atoms with Gasteiger partial charge >= 0.3 is 0 Å². The number of aliphatic hydroxyl groups is 3. The lowest BCUT2D eigenvalue weighted by atomic mass is 9.43. The zero-order chi connectivity index (χ0) is 19.8. The second kappa shape index (κ2) is 5.94. The topological polar surface area (TPSA) is 112 Å². The molecule has 6 nitrogen and oxygen atoms in total. The predicted molar refractivity (Wildman–Crippen MR) is 95.6 cm³/mol. The number of aliphatic hydroxyl groups excluding tert-OH is 2. The van der Waals surface area contributed by atoms with E-state index in [1.807, 2.05) is 13.8 Å². The molecule has 4 aliphatic carbocycles. The van der Waals surface area contributed by atoms with Gasteiger partial charge in [-0.2, -0.15) is 0 Å². The molecule has 27 heavy (non-hydrogen) atoms. The monoisotopic (exact) mass is 378 g/mol. The minimum atomic E-state index is -1.60. The first-order valence-electron chi connectivity index (χ1n) is 10.2. The van der Waals surface area contributed by atoms with Gasteiger partial charge in [-0.1, -0.05) is 13.8 Å². The van der Waals surface area contributed by atoms with E-state index >= 15 is 0 Å². The van der Waals surface area contributed by atoms with Gasteiger partial charge in [0.2, 0.25) is 0 Å². The number of hydrogen-bond acceptors (Lipinski definition) is 6. The van der Waals surface area contributed by atoms with Gasteiger partial charge in [0.25, 0.3) is 0 Å². The van der Waals surface area contributed by atoms with Crippen molar-refractivity contribution in [2.75, 3.05) is 6.61 Å². The van der Waals surface area contributed by atoms with Gasteiger partial charge < -0.3 is 15.3 Å². The normalized spacial score (nSPS) is 52.1. The van der Waals surface area contributed by atoms with Gasteiger partial charge in [-0.05, 0) is 61.2 Å². The molecule has 0 heterocycles. The molecule has 0 radical (unpaired) electrons. The van der Waals surface area contributed by atoms with E-state index in [0.717, 1.165) is 12.8 Å². The summed E-state index contributed by atoms with van der Waals surface area (Å²) in [5.74, 6) is -0.974. The van der Waals surface area contributed by atoms with Crippen LogP contribution in [0, 0.1) is 34.5 Å². The summed E-state index contributed by atoms with van der Waals surface area (Å²) in [7, 11) is 0. The van der Waals surface area contributed by atoms with Crippen LogP contribution in [-0.2, 0) is 14.4 Å². The highest BCUT2D eigenvalue weighted by atomic mass is 16.3. The maximum atomic E-state index is 12.4. The fraction of sp³-hybridized carbons (Fsp3) is 0.857. The number of fused-ring (bicyclic) bond motifs is 5. The fourth-order valence-corrected chi connectivity index (χ4v) is 7.65. The molecule has 0 spiro atoms. The van der Waals surface area contributed by atoms with Crippen molar-refractivity contribution in [3.63, 3.8) is 0 Å². The smallest absolute Gasteiger partial charge is 0.198 e. The van der Waals surface area contributed by atoms with Crippen molar-refractivity contribution in [2.24, 2.45) is 34.5 Å². The van der Waals surface area contributed by atoms with Crippen LogP contribution in [0.4, 0.5) is 0 Å². The van der Waals surface area contributed by atoms with E-state index in [1.54, 1.807) is 0 Å². The standard InChI is InChI=1S/C21H30O6/c1-19-8-15(24)14(23)7-11(19)3-4-12-13-5-6-21(27,17(26)10-22)20(13,2)9-16(25)18(12)19/h11-13,16,18,22,25,27H,3-10H2,1-2H3/t11?,12-,13-,16-,18+,19-,20-,21-/m0/s1. The van der Waals surface area contributed by atoms with Crippen LogP contribution in [-0.4, -0.2) is 51.0 Å². The van der Waals surface area contributed by atoms with Crippen LogP contribution in [0.5, 0.6) is 0 Å². The molecule has 1 unspecified atom stereocenters. The number of carbonyl (C=O) groups excluding carboxylic acids is 3. The van der Waals surface area contributed by atoms with Crippen molar-refractivity contribution >= 4 is 17.3 Å². The van der Waals surface area contributed by atoms with E-state index in [-0.39, 0.29) is 54.5 Å². The van der Waals surface area contributed by atoms with Gasteiger partial charge in [-0.3, -0.25) is 14.4 Å². The molecular weight excluding hydrogens is 348 g/mol. The summed E-state index contributed by atoms with van der Waals surface area (Å²) in [5.41, 5.74) is -2.78. The fourth-order valence-electron chi connectivity index (χ4n) is 7.65. The third-order valence-corrected chi connectivity index (χ3v) is 9.04. The lowest BCUT2D eigenvalue weighted by Crippen LogP contribution is -2.63. The van der Waals surface area contributed by atoms with Crippen molar-refractivity contribution in [1.29, 1.82) is 0 Å². The molecule has 0 aliphatic heterocycles. The molecule has 4 rings (SSSR count). The largest absolute Gasteiger partial charge is 0.393 e. The summed E-state index contributed by atoms with van der Waals surface area (Å²) in [4.78, 5) is 36.5. The van der Waals surface area contributed by atoms with Crippen molar-refractivity contribution in [1.82, 2.24) is 0 Å². The Labute approximate surface area is 159 Å². The average Bonchev–Trinajstić information content (AvgIpc) is 2.87. The lowest BCUT2D eigenvalue weighted by molar-refractivity contribution is -0.198. The highest BCUT2D eigenvalue weighted by Gasteiger charge is 2.69. The van der Waals surface area contributed by atoms with E-state index in [0.29, 0.717) is 12.8 Å². The molecule has 0 aromatic heterocycles. The molecule has 4 aliphatic rings. The molecule has 8 atom stereocenters. The maximum Gasteiger partial charge on any atom is 0.198 e. The van der Waals surface area contributed by atoms with E-state index in [1.165, 1.54) is 0 Å². The quantitative estimate of drug-likeness (QED) is 0.619. The first kappa shape index (κ1) is 19.2. The number of rotatable bonds is 2. The number of hydrogen-bond donors (Lipinski definition) is 3. The molecule has 3 N–H and O–H groups in total. The maximum absolute atomic E-state index is 12.4. The molecule has 6 heteroatoms. The highest BCUT2D eigenvalue weighted by Crippen LogP contribution is 2.67. The summed E-state index contributed by atoms with van der Waals surface area (Å²) in [6.07, 6.45) is 2.68. The van der Waals surface area contributed by atoms with Gasteiger partial charge in [-0.25, -0.2) is 0 Å². The molecule has 0 aromatic carbocycles. The van der Waals surface area contributed by atoms with Crippen LogP contribution in [0.15, 0.2) is 0 Å². The van der Waals surface area contributed by atoms with Crippen LogP contribution >= 0.6 is 0 Å². The van der Waals surface area contributed by atoms with Gasteiger partial charge in [0.05, 0.1) is 6.10 Å². The van der Waals surface area contributed by atoms with Crippen LogP contribution in [0.25, 0.3) is 0 Å². The zero-order valence-corrected chi connectivity index (χ0v) is 16.1. The van der Waals surface area contributed by atoms with E-state index in [9.17, 15) is 29.7 Å². The Morgan fingerprint density at radius 2 is 1.85 bits per heavy atom. The molecule has 0 aromatic rings. The number of Topliss-reactive ketones (excluding diaryl/α,β-unsaturated/α-hetero) is 3. The predicted octanol–water partition coefficient (Wildman–Crippen LogP) is 1.04. The SMILES string of the molecule is C[C@]12CC(=O)C(=O)CC1CC[C@@H]1[C@@H]2[C@@H](O)C[C@@]2(C)[C@H]1CC[C@]2(O)C(=O)CO. The molecular formula is C21H30O6.